The summed E-state index contributed by atoms with van der Waals surface area (Å²) in [6.45, 7) is 8.47. The fraction of sp³-hybridized carbons (Fsp3) is 0.763. The molecule has 0 amide bonds. The highest BCUT2D eigenvalue weighted by atomic mass is 16.8. The standard InChI is InChI=1S/C38H50O16/c1-18(39)46-16-28-31(48-20(3)41)32(49-21(4)42)33(50-22(5)43)34(53-28)54-38(17-47-19(2)40)24-8-9-29-36(7)12-11-27-25(14-30(45)52-27)26(36)10-13-37(29,15-24)35(38)51-23(6)44/h14,24,26-29,31-35H,8-13,15-17H2,1-7H3/t24-,26+,27+,28+,29-,31+,32-,33+,34-,35+,36+,37+,38-/m0/s1. The zero-order valence-corrected chi connectivity index (χ0v) is 31.7. The quantitative estimate of drug-likeness (QED) is 0.232. The number of hydrogen-bond donors (Lipinski definition) is 0. The Bertz CT molecular complexity index is 1600. The van der Waals surface area contributed by atoms with Crippen LogP contribution in [0.1, 0.15) is 93.4 Å². The van der Waals surface area contributed by atoms with Crippen molar-refractivity contribution in [2.24, 2.45) is 28.6 Å². The van der Waals surface area contributed by atoms with E-state index in [1.165, 1.54) is 20.8 Å². The first-order valence-corrected chi connectivity index (χ1v) is 18.6. The van der Waals surface area contributed by atoms with Crippen LogP contribution in [0.3, 0.4) is 0 Å². The Labute approximate surface area is 313 Å². The predicted molar refractivity (Wildman–Crippen MR) is 179 cm³/mol. The van der Waals surface area contributed by atoms with E-state index in [1.54, 1.807) is 6.08 Å². The summed E-state index contributed by atoms with van der Waals surface area (Å²) < 4.78 is 53.3. The van der Waals surface area contributed by atoms with E-state index in [1.807, 2.05) is 0 Å². The minimum Gasteiger partial charge on any atom is -0.463 e. The van der Waals surface area contributed by atoms with Crippen LogP contribution in [0.15, 0.2) is 11.6 Å². The number of carbonyl (C=O) groups excluding carboxylic acids is 7. The van der Waals surface area contributed by atoms with Gasteiger partial charge >= 0.3 is 41.8 Å². The van der Waals surface area contributed by atoms with E-state index in [4.69, 9.17) is 42.6 Å². The summed E-state index contributed by atoms with van der Waals surface area (Å²) in [4.78, 5) is 87.6. The van der Waals surface area contributed by atoms with Gasteiger partial charge in [-0.15, -0.1) is 0 Å². The van der Waals surface area contributed by atoms with Crippen molar-refractivity contribution in [1.82, 2.24) is 0 Å². The first-order chi connectivity index (χ1) is 25.4. The van der Waals surface area contributed by atoms with Gasteiger partial charge < -0.3 is 42.6 Å². The SMILES string of the molecule is CC(=O)OC[C@H]1O[C@@H](O[C@@]2(COC(C)=O)[C@H]3CC[C@H]4[C@]5(C)CC[C@H]6OC(=O)C=C6[C@H]5CC[C@]4(C3)[C@H]2OC(C)=O)[C@H](OC(C)=O)[C@@H](OC(C)=O)[C@@H]1OC(C)=O. The molecule has 0 aromatic heterocycles. The van der Waals surface area contributed by atoms with Gasteiger partial charge in [-0.2, -0.15) is 0 Å². The third-order valence-electron chi connectivity index (χ3n) is 12.6. The second-order valence-corrected chi connectivity index (χ2v) is 15.9. The van der Waals surface area contributed by atoms with Crippen molar-refractivity contribution in [2.75, 3.05) is 13.2 Å². The lowest BCUT2D eigenvalue weighted by Crippen LogP contribution is -2.66. The summed E-state index contributed by atoms with van der Waals surface area (Å²) in [7, 11) is 0. The maximum absolute atomic E-state index is 13.2. The van der Waals surface area contributed by atoms with Crippen molar-refractivity contribution in [3.8, 4) is 0 Å². The molecule has 2 heterocycles. The summed E-state index contributed by atoms with van der Waals surface area (Å²) in [5.41, 5.74) is -1.55. The van der Waals surface area contributed by atoms with Gasteiger partial charge in [0.25, 0.3) is 0 Å². The van der Waals surface area contributed by atoms with Crippen molar-refractivity contribution in [3.05, 3.63) is 11.6 Å². The van der Waals surface area contributed by atoms with Gasteiger partial charge in [0.05, 0.1) is 0 Å². The monoisotopic (exact) mass is 762 g/mol. The molecule has 2 bridgehead atoms. The molecule has 298 valence electrons. The second-order valence-electron chi connectivity index (χ2n) is 15.9. The van der Waals surface area contributed by atoms with Crippen LogP contribution >= 0.6 is 0 Å². The lowest BCUT2D eigenvalue weighted by atomic mass is 9.44. The summed E-state index contributed by atoms with van der Waals surface area (Å²) in [6, 6.07) is 0. The van der Waals surface area contributed by atoms with Crippen molar-refractivity contribution < 1.29 is 76.2 Å². The van der Waals surface area contributed by atoms with E-state index in [0.29, 0.717) is 38.5 Å². The average Bonchev–Trinajstić information content (AvgIpc) is 3.53. The number of rotatable bonds is 10. The Morgan fingerprint density at radius 1 is 0.741 bits per heavy atom. The maximum atomic E-state index is 13.2. The predicted octanol–water partition coefficient (Wildman–Crippen LogP) is 2.80. The van der Waals surface area contributed by atoms with Gasteiger partial charge in [0, 0.05) is 53.0 Å². The van der Waals surface area contributed by atoms with Crippen LogP contribution in [0.25, 0.3) is 0 Å². The number of carbonyl (C=O) groups is 7. The third kappa shape index (κ3) is 7.11. The first kappa shape index (κ1) is 39.6. The molecule has 6 aliphatic rings. The van der Waals surface area contributed by atoms with Crippen LogP contribution in [0.5, 0.6) is 0 Å². The summed E-state index contributed by atoms with van der Waals surface area (Å²) >= 11 is 0. The number of ether oxygens (including phenoxy) is 9. The highest BCUT2D eigenvalue weighted by Gasteiger charge is 2.75. The minimum absolute atomic E-state index is 0.0138. The third-order valence-corrected chi connectivity index (χ3v) is 12.6. The molecule has 4 saturated carbocycles. The molecule has 0 N–H and O–H groups in total. The molecule has 6 rings (SSSR count). The Morgan fingerprint density at radius 2 is 1.37 bits per heavy atom. The zero-order chi connectivity index (χ0) is 39.3. The van der Waals surface area contributed by atoms with Gasteiger partial charge in [0.15, 0.2) is 24.6 Å². The van der Waals surface area contributed by atoms with E-state index < -0.39 is 90.2 Å². The van der Waals surface area contributed by atoms with Crippen molar-refractivity contribution in [2.45, 2.75) is 142 Å². The maximum Gasteiger partial charge on any atom is 0.331 e. The fourth-order valence-electron chi connectivity index (χ4n) is 11.0. The molecule has 16 nitrogen and oxygen atoms in total. The topological polar surface area (TPSA) is 203 Å². The molecule has 0 aromatic rings. The molecule has 0 radical (unpaired) electrons. The van der Waals surface area contributed by atoms with Crippen molar-refractivity contribution >= 4 is 41.8 Å². The zero-order valence-electron chi connectivity index (χ0n) is 31.7. The van der Waals surface area contributed by atoms with Crippen LogP contribution in [-0.4, -0.2) is 104 Å². The second kappa shape index (κ2) is 14.9. The molecule has 13 atom stereocenters. The molecular formula is C38H50O16. The van der Waals surface area contributed by atoms with E-state index in [0.717, 1.165) is 32.8 Å². The van der Waals surface area contributed by atoms with E-state index in [-0.39, 0.29) is 41.8 Å². The van der Waals surface area contributed by atoms with Crippen molar-refractivity contribution in [3.63, 3.8) is 0 Å². The molecular weight excluding hydrogens is 712 g/mol. The minimum atomic E-state index is -1.61. The average molecular weight is 763 g/mol. The van der Waals surface area contributed by atoms with Crippen LogP contribution < -0.4 is 0 Å². The van der Waals surface area contributed by atoms with E-state index in [2.05, 4.69) is 6.92 Å². The molecule has 16 heteroatoms. The van der Waals surface area contributed by atoms with Gasteiger partial charge in [-0.25, -0.2) is 4.79 Å². The van der Waals surface area contributed by atoms with Crippen LogP contribution in [0.4, 0.5) is 0 Å². The van der Waals surface area contributed by atoms with Gasteiger partial charge in [0.2, 0.25) is 0 Å². The molecule has 1 saturated heterocycles. The van der Waals surface area contributed by atoms with Gasteiger partial charge in [0.1, 0.15) is 37.1 Å². The molecule has 2 aliphatic heterocycles. The molecule has 54 heavy (non-hydrogen) atoms. The Morgan fingerprint density at radius 3 is 2.00 bits per heavy atom. The Hall–Kier alpha value is -4.05. The molecule has 5 fully saturated rings. The largest absolute Gasteiger partial charge is 0.463 e. The van der Waals surface area contributed by atoms with Crippen molar-refractivity contribution in [1.29, 1.82) is 0 Å². The van der Waals surface area contributed by atoms with Gasteiger partial charge in [-0.3, -0.25) is 28.8 Å². The number of hydrogen-bond acceptors (Lipinski definition) is 16. The number of esters is 7. The van der Waals surface area contributed by atoms with Crippen LogP contribution in [0, 0.1) is 28.6 Å². The van der Waals surface area contributed by atoms with Gasteiger partial charge in [-0.05, 0) is 73.7 Å². The first-order valence-electron chi connectivity index (χ1n) is 18.6. The lowest BCUT2D eigenvalue weighted by Gasteiger charge is -2.61. The molecule has 4 aliphatic carbocycles. The fourth-order valence-corrected chi connectivity index (χ4v) is 11.0. The Balaban J connectivity index is 1.46. The van der Waals surface area contributed by atoms with Crippen LogP contribution in [0.2, 0.25) is 0 Å². The lowest BCUT2D eigenvalue weighted by molar-refractivity contribution is -0.348. The van der Waals surface area contributed by atoms with Gasteiger partial charge in [-0.1, -0.05) is 6.92 Å². The molecule has 1 spiro atoms. The van der Waals surface area contributed by atoms with E-state index in [9.17, 15) is 33.6 Å². The molecule has 0 unspecified atom stereocenters. The summed E-state index contributed by atoms with van der Waals surface area (Å²) in [5.74, 6) is -4.95. The van der Waals surface area contributed by atoms with Crippen LogP contribution in [-0.2, 0) is 76.2 Å². The summed E-state index contributed by atoms with van der Waals surface area (Å²) in [6.07, 6.45) is -2.48. The summed E-state index contributed by atoms with van der Waals surface area (Å²) in [5, 5.41) is 0. The van der Waals surface area contributed by atoms with E-state index >= 15 is 0 Å². The normalized spacial score (nSPS) is 40.4. The Kier molecular flexibility index (Phi) is 10.9. The number of fused-ring (bicyclic) bond motifs is 5. The molecule has 0 aromatic carbocycles. The highest BCUT2D eigenvalue weighted by molar-refractivity contribution is 5.86. The smallest absolute Gasteiger partial charge is 0.331 e. The highest BCUT2D eigenvalue weighted by Crippen LogP contribution is 2.73.